The number of hydrogen-bond donors (Lipinski definition) is 4. The van der Waals surface area contributed by atoms with Gasteiger partial charge in [-0.25, -0.2) is 0 Å². The molecule has 2 aliphatic rings. The number of hydrogen-bond acceptors (Lipinski definition) is 4. The minimum atomic E-state index is -1.61. The topological polar surface area (TPSA) is 86.7 Å². The first-order valence-corrected chi connectivity index (χ1v) is 7.39. The first-order chi connectivity index (χ1) is 8.51. The highest BCUT2D eigenvalue weighted by Crippen LogP contribution is 2.39. The maximum Gasteiger partial charge on any atom is 0.145 e. The Morgan fingerprint density at radius 2 is 1.67 bits per heavy atom. The fraction of sp³-hybridized carbons (Fsp3) is 1.00. The Kier molecular flexibility index (Phi) is 4.64. The molecular formula is C14H27NO3. The predicted octanol–water partition coefficient (Wildman–Crippen LogP) is 1.13. The molecule has 0 bridgehead atoms. The van der Waals surface area contributed by atoms with Crippen molar-refractivity contribution in [1.82, 2.24) is 0 Å². The highest BCUT2D eigenvalue weighted by atomic mass is 16.4. The fourth-order valence-electron chi connectivity index (χ4n) is 3.14. The summed E-state index contributed by atoms with van der Waals surface area (Å²) in [5.41, 5.74) is 4.12. The number of aliphatic hydroxyl groups is 3. The quantitative estimate of drug-likeness (QED) is 0.537. The predicted molar refractivity (Wildman–Crippen MR) is 69.7 cm³/mol. The first kappa shape index (κ1) is 14.3. The van der Waals surface area contributed by atoms with E-state index in [4.69, 9.17) is 5.73 Å². The largest absolute Gasteiger partial charge is 0.390 e. The molecule has 0 spiro atoms. The van der Waals surface area contributed by atoms with Crippen molar-refractivity contribution in [2.45, 2.75) is 75.7 Å². The van der Waals surface area contributed by atoms with Crippen LogP contribution in [-0.2, 0) is 0 Å². The Morgan fingerprint density at radius 1 is 1.06 bits per heavy atom. The molecule has 0 amide bonds. The summed E-state index contributed by atoms with van der Waals surface area (Å²) in [6, 6.07) is 0. The van der Waals surface area contributed by atoms with Gasteiger partial charge in [0, 0.05) is 5.92 Å². The lowest BCUT2D eigenvalue weighted by Crippen LogP contribution is -2.57. The SMILES string of the molecule is NC(O)(C1CC1)C(O)C(O)CCC1CCCCC1. The van der Waals surface area contributed by atoms with Gasteiger partial charge in [0.25, 0.3) is 0 Å². The average molecular weight is 257 g/mol. The molecule has 0 aromatic carbocycles. The maximum absolute atomic E-state index is 10.00. The molecule has 2 fully saturated rings. The van der Waals surface area contributed by atoms with Crippen LogP contribution in [0, 0.1) is 11.8 Å². The zero-order chi connectivity index (χ0) is 13.2. The van der Waals surface area contributed by atoms with Gasteiger partial charge in [0.05, 0.1) is 6.10 Å². The highest BCUT2D eigenvalue weighted by Gasteiger charge is 2.48. The zero-order valence-electron chi connectivity index (χ0n) is 11.1. The van der Waals surface area contributed by atoms with E-state index in [-0.39, 0.29) is 5.92 Å². The fourth-order valence-corrected chi connectivity index (χ4v) is 3.14. The van der Waals surface area contributed by atoms with Gasteiger partial charge in [0.15, 0.2) is 0 Å². The van der Waals surface area contributed by atoms with Crippen LogP contribution >= 0.6 is 0 Å². The van der Waals surface area contributed by atoms with Crippen molar-refractivity contribution in [1.29, 1.82) is 0 Å². The summed E-state index contributed by atoms with van der Waals surface area (Å²) in [6.07, 6.45) is 7.41. The number of nitrogens with two attached hydrogens (primary N) is 1. The van der Waals surface area contributed by atoms with Crippen LogP contribution in [0.5, 0.6) is 0 Å². The van der Waals surface area contributed by atoms with Crippen LogP contribution < -0.4 is 5.73 Å². The molecule has 3 unspecified atom stereocenters. The molecule has 5 N–H and O–H groups in total. The lowest BCUT2D eigenvalue weighted by molar-refractivity contribution is -0.136. The van der Waals surface area contributed by atoms with Crippen molar-refractivity contribution in [3.8, 4) is 0 Å². The smallest absolute Gasteiger partial charge is 0.145 e. The zero-order valence-corrected chi connectivity index (χ0v) is 11.1. The third-order valence-electron chi connectivity index (χ3n) is 4.67. The molecule has 0 radical (unpaired) electrons. The summed E-state index contributed by atoms with van der Waals surface area (Å²) in [6.45, 7) is 0. The summed E-state index contributed by atoms with van der Waals surface area (Å²) in [5.74, 6) is 0.629. The van der Waals surface area contributed by atoms with Gasteiger partial charge in [0.2, 0.25) is 0 Å². The molecule has 4 nitrogen and oxygen atoms in total. The number of aliphatic hydroxyl groups excluding tert-OH is 2. The monoisotopic (exact) mass is 257 g/mol. The second kappa shape index (κ2) is 5.87. The van der Waals surface area contributed by atoms with E-state index < -0.39 is 17.9 Å². The Labute approximate surface area is 109 Å². The normalized spacial score (nSPS) is 28.7. The Balaban J connectivity index is 1.74. The van der Waals surface area contributed by atoms with Crippen LogP contribution in [0.2, 0.25) is 0 Å². The minimum absolute atomic E-state index is 0.0446. The van der Waals surface area contributed by atoms with Gasteiger partial charge < -0.3 is 21.1 Å². The molecule has 2 rings (SSSR count). The molecule has 18 heavy (non-hydrogen) atoms. The van der Waals surface area contributed by atoms with Crippen LogP contribution in [-0.4, -0.2) is 33.3 Å². The van der Waals surface area contributed by atoms with Crippen LogP contribution in [0.1, 0.15) is 57.8 Å². The van der Waals surface area contributed by atoms with E-state index in [1.54, 1.807) is 0 Å². The average Bonchev–Trinajstić information content (AvgIpc) is 3.20. The molecule has 2 aliphatic carbocycles. The molecule has 3 atom stereocenters. The van der Waals surface area contributed by atoms with Crippen LogP contribution in [0.4, 0.5) is 0 Å². The Hall–Kier alpha value is -0.160. The summed E-state index contributed by atoms with van der Waals surface area (Å²) >= 11 is 0. The summed E-state index contributed by atoms with van der Waals surface area (Å²) in [4.78, 5) is 0. The van der Waals surface area contributed by atoms with Gasteiger partial charge in [-0.15, -0.1) is 0 Å². The minimum Gasteiger partial charge on any atom is -0.390 e. The maximum atomic E-state index is 10.00. The number of rotatable bonds is 6. The lowest BCUT2D eigenvalue weighted by Gasteiger charge is -2.33. The third-order valence-corrected chi connectivity index (χ3v) is 4.67. The van der Waals surface area contributed by atoms with Crippen LogP contribution in [0.15, 0.2) is 0 Å². The molecule has 0 aliphatic heterocycles. The van der Waals surface area contributed by atoms with Crippen LogP contribution in [0.25, 0.3) is 0 Å². The van der Waals surface area contributed by atoms with Gasteiger partial charge in [-0.2, -0.15) is 0 Å². The van der Waals surface area contributed by atoms with E-state index in [1.165, 1.54) is 32.1 Å². The van der Waals surface area contributed by atoms with Gasteiger partial charge in [-0.3, -0.25) is 0 Å². The van der Waals surface area contributed by atoms with E-state index in [0.717, 1.165) is 19.3 Å². The Bertz CT molecular complexity index is 260. The van der Waals surface area contributed by atoms with Gasteiger partial charge in [-0.1, -0.05) is 32.1 Å². The van der Waals surface area contributed by atoms with Crippen LogP contribution in [0.3, 0.4) is 0 Å². The van der Waals surface area contributed by atoms with Crippen molar-refractivity contribution in [2.75, 3.05) is 0 Å². The van der Waals surface area contributed by atoms with Crippen molar-refractivity contribution < 1.29 is 15.3 Å². The lowest BCUT2D eigenvalue weighted by atomic mass is 9.84. The molecule has 4 heteroatoms. The molecule has 2 saturated carbocycles. The van der Waals surface area contributed by atoms with Gasteiger partial charge in [0.1, 0.15) is 11.8 Å². The molecule has 0 aromatic rings. The molecular weight excluding hydrogens is 230 g/mol. The molecule has 0 heterocycles. The van der Waals surface area contributed by atoms with E-state index >= 15 is 0 Å². The van der Waals surface area contributed by atoms with E-state index in [0.29, 0.717) is 12.3 Å². The second-order valence-corrected chi connectivity index (χ2v) is 6.26. The Morgan fingerprint density at radius 3 is 2.22 bits per heavy atom. The summed E-state index contributed by atoms with van der Waals surface area (Å²) in [5, 5.41) is 29.9. The molecule has 0 aromatic heterocycles. The molecule has 106 valence electrons. The second-order valence-electron chi connectivity index (χ2n) is 6.26. The van der Waals surface area contributed by atoms with Crippen molar-refractivity contribution >= 4 is 0 Å². The van der Waals surface area contributed by atoms with Gasteiger partial charge >= 0.3 is 0 Å². The van der Waals surface area contributed by atoms with E-state index in [1.807, 2.05) is 0 Å². The van der Waals surface area contributed by atoms with Gasteiger partial charge in [-0.05, 0) is 31.6 Å². The highest BCUT2D eigenvalue weighted by molar-refractivity contribution is 4.97. The van der Waals surface area contributed by atoms with E-state index in [9.17, 15) is 15.3 Å². The van der Waals surface area contributed by atoms with E-state index in [2.05, 4.69) is 0 Å². The standard InChI is InChI=1S/C14H27NO3/c15-14(18,11-7-8-11)13(17)12(16)9-6-10-4-2-1-3-5-10/h10-13,16-18H,1-9,15H2. The first-order valence-electron chi connectivity index (χ1n) is 7.39. The third kappa shape index (κ3) is 3.44. The van der Waals surface area contributed by atoms with Crippen molar-refractivity contribution in [3.05, 3.63) is 0 Å². The molecule has 0 saturated heterocycles. The summed E-state index contributed by atoms with van der Waals surface area (Å²) < 4.78 is 0. The summed E-state index contributed by atoms with van der Waals surface area (Å²) in [7, 11) is 0. The van der Waals surface area contributed by atoms with Crippen molar-refractivity contribution in [3.63, 3.8) is 0 Å². The van der Waals surface area contributed by atoms with Crippen molar-refractivity contribution in [2.24, 2.45) is 17.6 Å².